The van der Waals surface area contributed by atoms with Gasteiger partial charge in [-0.05, 0) is 18.9 Å². The fourth-order valence-corrected chi connectivity index (χ4v) is 3.67. The standard InChI is InChI=1S/C21H23N5O3/c1-15-10-20-25(8-5-9-26(20)24-15)13-16(14-27)11-19(28)23-21-18(12-22-29-21)17-6-3-2-4-7-17/h2-4,6-7,10,12,14,16H,5,8-9,11,13H2,1H3,(H,23,28). The Labute approximate surface area is 168 Å². The number of hydrogen-bond donors (Lipinski definition) is 1. The van der Waals surface area contributed by atoms with Gasteiger partial charge in [0.25, 0.3) is 0 Å². The summed E-state index contributed by atoms with van der Waals surface area (Å²) >= 11 is 0. The number of hydrogen-bond acceptors (Lipinski definition) is 6. The highest BCUT2D eigenvalue weighted by atomic mass is 16.5. The van der Waals surface area contributed by atoms with Crippen LogP contribution in [0.5, 0.6) is 0 Å². The number of aryl methyl sites for hydroxylation is 2. The first-order chi connectivity index (χ1) is 14.1. The maximum Gasteiger partial charge on any atom is 0.239 e. The van der Waals surface area contributed by atoms with Crippen LogP contribution >= 0.6 is 0 Å². The Morgan fingerprint density at radius 3 is 2.93 bits per heavy atom. The van der Waals surface area contributed by atoms with Crippen LogP contribution in [0.3, 0.4) is 0 Å². The number of rotatable bonds is 7. The number of fused-ring (bicyclic) bond motifs is 1. The van der Waals surface area contributed by atoms with Crippen molar-refractivity contribution in [3.05, 3.63) is 48.3 Å². The van der Waals surface area contributed by atoms with Crippen LogP contribution in [0.2, 0.25) is 0 Å². The fourth-order valence-electron chi connectivity index (χ4n) is 3.67. The van der Waals surface area contributed by atoms with Gasteiger partial charge in [0, 0.05) is 38.0 Å². The minimum Gasteiger partial charge on any atom is -0.356 e. The number of anilines is 2. The molecule has 150 valence electrons. The molecule has 0 fully saturated rings. The third-order valence-corrected chi connectivity index (χ3v) is 5.01. The molecule has 4 rings (SSSR count). The molecule has 1 aliphatic rings. The molecule has 29 heavy (non-hydrogen) atoms. The highest BCUT2D eigenvalue weighted by molar-refractivity contribution is 5.94. The van der Waals surface area contributed by atoms with Crippen molar-refractivity contribution in [1.29, 1.82) is 0 Å². The molecule has 8 heteroatoms. The van der Waals surface area contributed by atoms with E-state index < -0.39 is 5.92 Å². The molecule has 0 spiro atoms. The van der Waals surface area contributed by atoms with E-state index in [1.165, 1.54) is 0 Å². The molecule has 0 saturated carbocycles. The molecule has 0 radical (unpaired) electrons. The van der Waals surface area contributed by atoms with E-state index in [-0.39, 0.29) is 18.2 Å². The third-order valence-electron chi connectivity index (χ3n) is 5.01. The van der Waals surface area contributed by atoms with Gasteiger partial charge >= 0.3 is 0 Å². The minimum absolute atomic E-state index is 0.0715. The van der Waals surface area contributed by atoms with E-state index in [1.54, 1.807) is 6.20 Å². The molecule has 3 heterocycles. The zero-order valence-corrected chi connectivity index (χ0v) is 16.2. The number of aldehydes is 1. The smallest absolute Gasteiger partial charge is 0.239 e. The van der Waals surface area contributed by atoms with Crippen LogP contribution in [-0.2, 0) is 16.1 Å². The van der Waals surface area contributed by atoms with Gasteiger partial charge in [-0.2, -0.15) is 5.10 Å². The Kier molecular flexibility index (Phi) is 5.41. The zero-order chi connectivity index (χ0) is 20.2. The van der Waals surface area contributed by atoms with Crippen LogP contribution in [0.4, 0.5) is 11.7 Å². The van der Waals surface area contributed by atoms with Crippen LogP contribution < -0.4 is 10.2 Å². The first-order valence-corrected chi connectivity index (χ1v) is 9.68. The van der Waals surface area contributed by atoms with Crippen LogP contribution in [0, 0.1) is 12.8 Å². The van der Waals surface area contributed by atoms with Crippen molar-refractivity contribution >= 4 is 23.9 Å². The number of amides is 1. The van der Waals surface area contributed by atoms with Crippen molar-refractivity contribution < 1.29 is 14.1 Å². The Morgan fingerprint density at radius 1 is 1.31 bits per heavy atom. The zero-order valence-electron chi connectivity index (χ0n) is 16.2. The average Bonchev–Trinajstić information content (AvgIpc) is 3.34. The van der Waals surface area contributed by atoms with Crippen molar-refractivity contribution in [2.45, 2.75) is 26.3 Å². The topological polar surface area (TPSA) is 93.3 Å². The Balaban J connectivity index is 1.41. The Hall–Kier alpha value is -3.42. The maximum atomic E-state index is 12.6. The normalized spacial score (nSPS) is 14.3. The lowest BCUT2D eigenvalue weighted by Gasteiger charge is -2.31. The second kappa shape index (κ2) is 8.30. The molecule has 1 aromatic carbocycles. The molecule has 3 aromatic rings. The fraction of sp³-hybridized carbons (Fsp3) is 0.333. The largest absolute Gasteiger partial charge is 0.356 e. The highest BCUT2D eigenvalue weighted by Crippen LogP contribution is 2.28. The van der Waals surface area contributed by atoms with E-state index in [1.807, 2.05) is 48.0 Å². The number of nitrogens with one attached hydrogen (secondary N) is 1. The van der Waals surface area contributed by atoms with Crippen molar-refractivity contribution in [3.63, 3.8) is 0 Å². The number of carbonyl (C=O) groups is 2. The second-order valence-electron chi connectivity index (χ2n) is 7.25. The number of aromatic nitrogens is 3. The molecule has 1 unspecified atom stereocenters. The van der Waals surface area contributed by atoms with Gasteiger partial charge in [0.05, 0.1) is 17.5 Å². The van der Waals surface area contributed by atoms with E-state index in [2.05, 4.69) is 20.5 Å². The summed E-state index contributed by atoms with van der Waals surface area (Å²) in [4.78, 5) is 26.3. The van der Waals surface area contributed by atoms with Gasteiger partial charge in [0.15, 0.2) is 0 Å². The predicted molar refractivity (Wildman–Crippen MR) is 109 cm³/mol. The van der Waals surface area contributed by atoms with E-state index in [0.29, 0.717) is 12.1 Å². The predicted octanol–water partition coefficient (Wildman–Crippen LogP) is 2.90. The number of nitrogens with zero attached hydrogens (tertiary/aromatic N) is 4. The quantitative estimate of drug-likeness (QED) is 0.621. The van der Waals surface area contributed by atoms with E-state index in [4.69, 9.17) is 4.52 Å². The number of benzene rings is 1. The molecule has 1 N–H and O–H groups in total. The van der Waals surface area contributed by atoms with Gasteiger partial charge in [0.1, 0.15) is 12.1 Å². The average molecular weight is 393 g/mol. The third kappa shape index (κ3) is 4.21. The summed E-state index contributed by atoms with van der Waals surface area (Å²) in [7, 11) is 0. The maximum absolute atomic E-state index is 12.6. The second-order valence-corrected chi connectivity index (χ2v) is 7.25. The van der Waals surface area contributed by atoms with Gasteiger partial charge in [0.2, 0.25) is 11.8 Å². The van der Waals surface area contributed by atoms with Crippen LogP contribution in [-0.4, -0.2) is 40.2 Å². The van der Waals surface area contributed by atoms with Crippen LogP contribution in [0.1, 0.15) is 18.5 Å². The molecule has 2 aromatic heterocycles. The van der Waals surface area contributed by atoms with Crippen molar-refractivity contribution in [1.82, 2.24) is 14.9 Å². The van der Waals surface area contributed by atoms with Gasteiger partial charge in [-0.15, -0.1) is 0 Å². The molecule has 0 bridgehead atoms. The van der Waals surface area contributed by atoms with E-state index in [0.717, 1.165) is 42.9 Å². The first kappa shape index (κ1) is 18.9. The molecule has 1 aliphatic heterocycles. The Bertz CT molecular complexity index is 995. The van der Waals surface area contributed by atoms with E-state index in [9.17, 15) is 9.59 Å². The van der Waals surface area contributed by atoms with Crippen LogP contribution in [0.25, 0.3) is 11.1 Å². The monoisotopic (exact) mass is 393 g/mol. The molecule has 1 amide bonds. The lowest BCUT2D eigenvalue weighted by Crippen LogP contribution is -2.37. The summed E-state index contributed by atoms with van der Waals surface area (Å²) < 4.78 is 7.17. The van der Waals surface area contributed by atoms with Gasteiger partial charge in [-0.1, -0.05) is 35.5 Å². The molecule has 8 nitrogen and oxygen atoms in total. The van der Waals surface area contributed by atoms with Crippen molar-refractivity contribution in [3.8, 4) is 11.1 Å². The summed E-state index contributed by atoms with van der Waals surface area (Å²) in [5.74, 6) is 0.581. The first-order valence-electron chi connectivity index (χ1n) is 9.68. The van der Waals surface area contributed by atoms with Gasteiger partial charge in [-0.25, -0.2) is 4.68 Å². The Morgan fingerprint density at radius 2 is 2.14 bits per heavy atom. The van der Waals surface area contributed by atoms with Crippen molar-refractivity contribution in [2.24, 2.45) is 5.92 Å². The molecule has 0 saturated heterocycles. The molecular formula is C21H23N5O3. The summed E-state index contributed by atoms with van der Waals surface area (Å²) in [6, 6.07) is 11.6. The summed E-state index contributed by atoms with van der Waals surface area (Å²) in [6.07, 6.45) is 3.45. The van der Waals surface area contributed by atoms with Crippen LogP contribution in [0.15, 0.2) is 47.1 Å². The molecule has 1 atom stereocenters. The lowest BCUT2D eigenvalue weighted by molar-refractivity contribution is -0.120. The molecule has 0 aliphatic carbocycles. The van der Waals surface area contributed by atoms with E-state index >= 15 is 0 Å². The highest BCUT2D eigenvalue weighted by Gasteiger charge is 2.24. The summed E-state index contributed by atoms with van der Waals surface area (Å²) in [5.41, 5.74) is 2.55. The number of carbonyl (C=O) groups excluding carboxylic acids is 2. The summed E-state index contributed by atoms with van der Waals surface area (Å²) in [5, 5.41) is 11.0. The SMILES string of the molecule is Cc1cc2n(n1)CCCN2CC(C=O)CC(=O)Nc1oncc1-c1ccccc1. The summed E-state index contributed by atoms with van der Waals surface area (Å²) in [6.45, 7) is 4.15. The molecular weight excluding hydrogens is 370 g/mol. The van der Waals surface area contributed by atoms with Gasteiger partial charge in [-0.3, -0.25) is 10.1 Å². The lowest BCUT2D eigenvalue weighted by atomic mass is 10.1. The van der Waals surface area contributed by atoms with Gasteiger partial charge < -0.3 is 14.2 Å². The van der Waals surface area contributed by atoms with Crippen molar-refractivity contribution in [2.75, 3.05) is 23.3 Å². The minimum atomic E-state index is -0.431.